The van der Waals surface area contributed by atoms with E-state index in [1.54, 1.807) is 0 Å². The molecule has 0 radical (unpaired) electrons. The van der Waals surface area contributed by atoms with Gasteiger partial charge >= 0.3 is 11.9 Å². The van der Waals surface area contributed by atoms with Crippen LogP contribution in [0.3, 0.4) is 0 Å². The zero-order chi connectivity index (χ0) is 12.4. The zero-order valence-electron chi connectivity index (χ0n) is 10.2. The van der Waals surface area contributed by atoms with Crippen molar-refractivity contribution >= 4 is 11.9 Å². The third kappa shape index (κ3) is 2.09. The largest absolute Gasteiger partial charge is 0.386 e. The molecule has 0 bridgehead atoms. The second kappa shape index (κ2) is 4.70. The Kier molecular flexibility index (Phi) is 3.27. The lowest BCUT2D eigenvalue weighted by atomic mass is 9.94. The predicted octanol–water partition coefficient (Wildman–Crippen LogP) is 2.90. The molecule has 0 atom stereocenters. The van der Waals surface area contributed by atoms with Gasteiger partial charge in [-0.25, -0.2) is 9.59 Å². The fourth-order valence-corrected chi connectivity index (χ4v) is 2.23. The summed E-state index contributed by atoms with van der Waals surface area (Å²) in [6.45, 7) is 4.21. The highest BCUT2D eigenvalue weighted by atomic mass is 16.6. The van der Waals surface area contributed by atoms with Crippen molar-refractivity contribution in [2.75, 3.05) is 0 Å². The molecular weight excluding hydrogens is 216 g/mol. The molecular formula is C14H16O3. The van der Waals surface area contributed by atoms with Crippen LogP contribution in [0.5, 0.6) is 0 Å². The van der Waals surface area contributed by atoms with Crippen LogP contribution in [0.2, 0.25) is 0 Å². The summed E-state index contributed by atoms with van der Waals surface area (Å²) < 4.78 is 4.62. The minimum absolute atomic E-state index is 0.429. The van der Waals surface area contributed by atoms with Crippen LogP contribution in [0.1, 0.15) is 58.5 Å². The van der Waals surface area contributed by atoms with Crippen LogP contribution in [-0.4, -0.2) is 11.9 Å². The molecule has 0 aromatic heterocycles. The second-order valence-corrected chi connectivity index (χ2v) is 4.34. The topological polar surface area (TPSA) is 43.4 Å². The van der Waals surface area contributed by atoms with Crippen LogP contribution < -0.4 is 0 Å². The number of carbonyl (C=O) groups excluding carboxylic acids is 2. The highest BCUT2D eigenvalue weighted by Gasteiger charge is 2.30. The van der Waals surface area contributed by atoms with E-state index in [1.807, 2.05) is 12.1 Å². The first-order valence-electron chi connectivity index (χ1n) is 6.09. The zero-order valence-corrected chi connectivity index (χ0v) is 10.2. The number of benzene rings is 1. The number of esters is 2. The number of cyclic esters (lactones) is 2. The van der Waals surface area contributed by atoms with Crippen molar-refractivity contribution in [2.24, 2.45) is 0 Å². The summed E-state index contributed by atoms with van der Waals surface area (Å²) in [6, 6.07) is 3.66. The van der Waals surface area contributed by atoms with Crippen molar-refractivity contribution < 1.29 is 14.3 Å². The molecule has 0 fully saturated rings. The fraction of sp³-hybridized carbons (Fsp3) is 0.429. The first-order chi connectivity index (χ1) is 8.17. The van der Waals surface area contributed by atoms with Crippen molar-refractivity contribution in [3.05, 3.63) is 34.4 Å². The van der Waals surface area contributed by atoms with E-state index < -0.39 is 11.9 Å². The van der Waals surface area contributed by atoms with Gasteiger partial charge in [-0.15, -0.1) is 0 Å². The summed E-state index contributed by atoms with van der Waals surface area (Å²) >= 11 is 0. The maximum absolute atomic E-state index is 11.5. The van der Waals surface area contributed by atoms with Crippen LogP contribution >= 0.6 is 0 Å². The smallest absolute Gasteiger partial charge is 0.346 e. The van der Waals surface area contributed by atoms with Gasteiger partial charge in [0.25, 0.3) is 0 Å². The van der Waals surface area contributed by atoms with Crippen molar-refractivity contribution in [3.8, 4) is 0 Å². The normalized spacial score (nSPS) is 13.8. The van der Waals surface area contributed by atoms with E-state index in [-0.39, 0.29) is 0 Å². The van der Waals surface area contributed by atoms with Crippen LogP contribution in [-0.2, 0) is 17.6 Å². The molecule has 3 heteroatoms. The summed E-state index contributed by atoms with van der Waals surface area (Å²) in [5, 5.41) is 0. The van der Waals surface area contributed by atoms with Gasteiger partial charge in [0.2, 0.25) is 0 Å². The SMILES string of the molecule is CCCc1cc2c(cc1CCC)C(=O)OC2=O. The van der Waals surface area contributed by atoms with Gasteiger partial charge in [0.1, 0.15) is 0 Å². The first kappa shape index (κ1) is 11.8. The predicted molar refractivity (Wildman–Crippen MR) is 64.2 cm³/mol. The molecule has 1 aromatic rings. The van der Waals surface area contributed by atoms with Crippen LogP contribution in [0.4, 0.5) is 0 Å². The molecule has 1 aliphatic rings. The van der Waals surface area contributed by atoms with Gasteiger partial charge in [-0.05, 0) is 36.1 Å². The Balaban J connectivity index is 2.50. The van der Waals surface area contributed by atoms with Crippen molar-refractivity contribution in [2.45, 2.75) is 39.5 Å². The lowest BCUT2D eigenvalue weighted by molar-refractivity contribution is 0.0443. The summed E-state index contributed by atoms with van der Waals surface area (Å²) in [6.07, 6.45) is 3.92. The van der Waals surface area contributed by atoms with Crippen LogP contribution in [0, 0.1) is 0 Å². The minimum atomic E-state index is -0.509. The first-order valence-corrected chi connectivity index (χ1v) is 6.09. The Morgan fingerprint density at radius 1 is 0.882 bits per heavy atom. The Morgan fingerprint density at radius 3 is 1.65 bits per heavy atom. The molecule has 0 unspecified atom stereocenters. The average molecular weight is 232 g/mol. The maximum atomic E-state index is 11.5. The molecule has 3 nitrogen and oxygen atoms in total. The molecule has 17 heavy (non-hydrogen) atoms. The second-order valence-electron chi connectivity index (χ2n) is 4.34. The number of aryl methyl sites for hydroxylation is 2. The van der Waals surface area contributed by atoms with E-state index in [9.17, 15) is 9.59 Å². The van der Waals surface area contributed by atoms with Gasteiger partial charge in [0, 0.05) is 0 Å². The van der Waals surface area contributed by atoms with Gasteiger partial charge < -0.3 is 4.74 Å². The molecule has 0 amide bonds. The summed E-state index contributed by atoms with van der Waals surface area (Å²) in [5.74, 6) is -1.02. The monoisotopic (exact) mass is 232 g/mol. The molecule has 0 N–H and O–H groups in total. The van der Waals surface area contributed by atoms with E-state index in [4.69, 9.17) is 0 Å². The van der Waals surface area contributed by atoms with Gasteiger partial charge in [-0.3, -0.25) is 0 Å². The van der Waals surface area contributed by atoms with Gasteiger partial charge in [-0.2, -0.15) is 0 Å². The summed E-state index contributed by atoms with van der Waals surface area (Å²) in [7, 11) is 0. The number of ether oxygens (including phenoxy) is 1. The molecule has 90 valence electrons. The van der Waals surface area contributed by atoms with E-state index >= 15 is 0 Å². The molecule has 1 heterocycles. The van der Waals surface area contributed by atoms with Crippen molar-refractivity contribution in [1.29, 1.82) is 0 Å². The molecule has 2 rings (SSSR count). The standard InChI is InChI=1S/C14H16O3/c1-3-5-9-7-11-12(8-10(9)6-4-2)14(16)17-13(11)15/h7-8H,3-6H2,1-2H3. The van der Waals surface area contributed by atoms with Gasteiger partial charge in [-0.1, -0.05) is 26.7 Å². The van der Waals surface area contributed by atoms with Gasteiger partial charge in [0.15, 0.2) is 0 Å². The minimum Gasteiger partial charge on any atom is -0.386 e. The molecule has 0 spiro atoms. The molecule has 0 saturated carbocycles. The van der Waals surface area contributed by atoms with E-state index in [1.165, 1.54) is 11.1 Å². The number of carbonyl (C=O) groups is 2. The molecule has 1 aliphatic heterocycles. The number of fused-ring (bicyclic) bond motifs is 1. The molecule has 1 aromatic carbocycles. The highest BCUT2D eigenvalue weighted by molar-refractivity contribution is 6.14. The van der Waals surface area contributed by atoms with Crippen molar-refractivity contribution in [3.63, 3.8) is 0 Å². The highest BCUT2D eigenvalue weighted by Crippen LogP contribution is 2.25. The average Bonchev–Trinajstić information content (AvgIpc) is 2.56. The Bertz CT molecular complexity index is 432. The Labute approximate surface area is 101 Å². The Hall–Kier alpha value is -1.64. The van der Waals surface area contributed by atoms with Crippen LogP contribution in [0.25, 0.3) is 0 Å². The third-order valence-corrected chi connectivity index (χ3v) is 3.00. The van der Waals surface area contributed by atoms with E-state index in [0.29, 0.717) is 11.1 Å². The molecule has 0 aliphatic carbocycles. The summed E-state index contributed by atoms with van der Waals surface area (Å²) in [5.41, 5.74) is 3.19. The number of rotatable bonds is 4. The lowest BCUT2D eigenvalue weighted by Gasteiger charge is -2.09. The van der Waals surface area contributed by atoms with Crippen LogP contribution in [0.15, 0.2) is 12.1 Å². The maximum Gasteiger partial charge on any atom is 0.346 e. The Morgan fingerprint density at radius 2 is 1.29 bits per heavy atom. The summed E-state index contributed by atoms with van der Waals surface area (Å²) in [4.78, 5) is 22.9. The third-order valence-electron chi connectivity index (χ3n) is 3.00. The van der Waals surface area contributed by atoms with E-state index in [0.717, 1.165) is 25.7 Å². The number of hydrogen-bond donors (Lipinski definition) is 0. The number of hydrogen-bond acceptors (Lipinski definition) is 3. The lowest BCUT2D eigenvalue weighted by Crippen LogP contribution is -2.00. The molecule has 0 saturated heterocycles. The van der Waals surface area contributed by atoms with Gasteiger partial charge in [0.05, 0.1) is 11.1 Å². The van der Waals surface area contributed by atoms with E-state index in [2.05, 4.69) is 18.6 Å². The quantitative estimate of drug-likeness (QED) is 0.592. The van der Waals surface area contributed by atoms with Crippen molar-refractivity contribution in [1.82, 2.24) is 0 Å². The fourth-order valence-electron chi connectivity index (χ4n) is 2.23.